The van der Waals surface area contributed by atoms with Crippen LogP contribution >= 0.6 is 0 Å². The summed E-state index contributed by atoms with van der Waals surface area (Å²) in [5.41, 5.74) is 3.72. The lowest BCUT2D eigenvalue weighted by Gasteiger charge is -2.14. The second-order valence-corrected chi connectivity index (χ2v) is 10.5. The van der Waals surface area contributed by atoms with Gasteiger partial charge in [-0.25, -0.2) is 0 Å². The molecule has 0 saturated heterocycles. The highest BCUT2D eigenvalue weighted by atomic mass is 16.5. The molecule has 0 spiro atoms. The molecule has 1 unspecified atom stereocenters. The molecule has 0 radical (unpaired) electrons. The summed E-state index contributed by atoms with van der Waals surface area (Å²) in [5, 5.41) is 0. The Hall–Kier alpha value is -1.80. The van der Waals surface area contributed by atoms with E-state index in [4.69, 9.17) is 9.47 Å². The summed E-state index contributed by atoms with van der Waals surface area (Å²) >= 11 is 0. The van der Waals surface area contributed by atoms with Crippen LogP contribution in [-0.4, -0.2) is 13.2 Å². The van der Waals surface area contributed by atoms with Gasteiger partial charge in [-0.1, -0.05) is 140 Å². The second-order valence-electron chi connectivity index (χ2n) is 10.5. The molecule has 0 amide bonds. The van der Waals surface area contributed by atoms with Crippen molar-refractivity contribution in [2.45, 2.75) is 130 Å². The van der Waals surface area contributed by atoms with E-state index in [0.29, 0.717) is 0 Å². The Morgan fingerprint density at radius 2 is 0.917 bits per heavy atom. The van der Waals surface area contributed by atoms with Crippen molar-refractivity contribution < 1.29 is 9.47 Å². The van der Waals surface area contributed by atoms with Gasteiger partial charge < -0.3 is 9.47 Å². The molecule has 36 heavy (non-hydrogen) atoms. The monoisotopic (exact) mass is 494 g/mol. The number of hydrogen-bond donors (Lipinski definition) is 0. The zero-order valence-corrected chi connectivity index (χ0v) is 23.7. The molecule has 2 heteroatoms. The molecule has 0 aliphatic carbocycles. The third kappa shape index (κ3) is 13.5. The second kappa shape index (κ2) is 20.3. The maximum atomic E-state index is 6.13. The normalized spacial score (nSPS) is 12.1. The average molecular weight is 495 g/mol. The van der Waals surface area contributed by atoms with Crippen LogP contribution < -0.4 is 4.74 Å². The SMILES string of the molecule is CCCCCCCCCCCCCCOC(C)c1ccc(-c2ccc(OCCCCCC)cc2)cc1. The van der Waals surface area contributed by atoms with E-state index in [1.54, 1.807) is 0 Å². The van der Waals surface area contributed by atoms with Gasteiger partial charge in [0.2, 0.25) is 0 Å². The van der Waals surface area contributed by atoms with E-state index >= 15 is 0 Å². The van der Waals surface area contributed by atoms with E-state index in [1.165, 1.54) is 113 Å². The first-order valence-electron chi connectivity index (χ1n) is 15.2. The van der Waals surface area contributed by atoms with Gasteiger partial charge in [0.25, 0.3) is 0 Å². The highest BCUT2D eigenvalue weighted by molar-refractivity contribution is 5.64. The highest BCUT2D eigenvalue weighted by Crippen LogP contribution is 2.25. The van der Waals surface area contributed by atoms with Gasteiger partial charge in [-0.2, -0.15) is 0 Å². The van der Waals surface area contributed by atoms with Crippen molar-refractivity contribution in [2.75, 3.05) is 13.2 Å². The minimum Gasteiger partial charge on any atom is -0.494 e. The van der Waals surface area contributed by atoms with E-state index in [2.05, 4.69) is 69.3 Å². The summed E-state index contributed by atoms with van der Waals surface area (Å²) in [6, 6.07) is 17.3. The van der Waals surface area contributed by atoms with Crippen LogP contribution in [-0.2, 0) is 4.74 Å². The summed E-state index contributed by atoms with van der Waals surface area (Å²) < 4.78 is 12.0. The fourth-order valence-corrected chi connectivity index (χ4v) is 4.71. The Morgan fingerprint density at radius 1 is 0.500 bits per heavy atom. The third-order valence-electron chi connectivity index (χ3n) is 7.20. The van der Waals surface area contributed by atoms with Crippen LogP contribution in [0, 0.1) is 0 Å². The first-order valence-corrected chi connectivity index (χ1v) is 15.2. The van der Waals surface area contributed by atoms with Crippen molar-refractivity contribution in [1.82, 2.24) is 0 Å². The molecular formula is C34H54O2. The van der Waals surface area contributed by atoms with E-state index in [1.807, 2.05) is 0 Å². The zero-order valence-electron chi connectivity index (χ0n) is 23.7. The Morgan fingerprint density at radius 3 is 1.44 bits per heavy atom. The molecule has 2 nitrogen and oxygen atoms in total. The van der Waals surface area contributed by atoms with Crippen LogP contribution in [0.2, 0.25) is 0 Å². The molecule has 2 aromatic rings. The van der Waals surface area contributed by atoms with Crippen molar-refractivity contribution in [3.63, 3.8) is 0 Å². The van der Waals surface area contributed by atoms with E-state index in [9.17, 15) is 0 Å². The maximum Gasteiger partial charge on any atom is 0.119 e. The number of rotatable bonds is 22. The molecule has 0 aliphatic heterocycles. The van der Waals surface area contributed by atoms with E-state index < -0.39 is 0 Å². The minimum absolute atomic E-state index is 0.148. The van der Waals surface area contributed by atoms with Gasteiger partial charge >= 0.3 is 0 Å². The first-order chi connectivity index (χ1) is 17.7. The smallest absolute Gasteiger partial charge is 0.119 e. The minimum atomic E-state index is 0.148. The molecule has 2 aromatic carbocycles. The molecule has 2 rings (SSSR count). The molecule has 0 N–H and O–H groups in total. The lowest BCUT2D eigenvalue weighted by atomic mass is 10.0. The van der Waals surface area contributed by atoms with Crippen LogP contribution in [0.3, 0.4) is 0 Å². The van der Waals surface area contributed by atoms with Gasteiger partial charge in [-0.3, -0.25) is 0 Å². The summed E-state index contributed by atoms with van der Waals surface area (Å²) in [6.45, 7) is 8.37. The third-order valence-corrected chi connectivity index (χ3v) is 7.20. The van der Waals surface area contributed by atoms with Gasteiger partial charge in [0.05, 0.1) is 12.7 Å². The van der Waals surface area contributed by atoms with Gasteiger partial charge in [-0.05, 0) is 48.6 Å². The Kier molecular flexibility index (Phi) is 17.1. The van der Waals surface area contributed by atoms with Crippen molar-refractivity contribution >= 4 is 0 Å². The predicted molar refractivity (Wildman–Crippen MR) is 157 cm³/mol. The fraction of sp³-hybridized carbons (Fsp3) is 0.647. The predicted octanol–water partition coefficient (Wildman–Crippen LogP) is 11.1. The molecule has 1 atom stereocenters. The van der Waals surface area contributed by atoms with E-state index in [0.717, 1.165) is 25.4 Å². The average Bonchev–Trinajstić information content (AvgIpc) is 2.91. The number of benzene rings is 2. The van der Waals surface area contributed by atoms with Crippen molar-refractivity contribution in [3.8, 4) is 16.9 Å². The van der Waals surface area contributed by atoms with Crippen LogP contribution in [0.5, 0.6) is 5.75 Å². The Bertz CT molecular complexity index is 750. The van der Waals surface area contributed by atoms with Crippen LogP contribution in [0.4, 0.5) is 0 Å². The summed E-state index contributed by atoms with van der Waals surface area (Å²) in [6.07, 6.45) is 21.6. The van der Waals surface area contributed by atoms with Gasteiger partial charge in [-0.15, -0.1) is 0 Å². The number of ether oxygens (including phenoxy) is 2. The molecular weight excluding hydrogens is 440 g/mol. The summed E-state index contributed by atoms with van der Waals surface area (Å²) in [7, 11) is 0. The van der Waals surface area contributed by atoms with Gasteiger partial charge in [0.1, 0.15) is 5.75 Å². The number of unbranched alkanes of at least 4 members (excludes halogenated alkanes) is 14. The molecule has 0 bridgehead atoms. The maximum absolute atomic E-state index is 6.13. The van der Waals surface area contributed by atoms with Gasteiger partial charge in [0, 0.05) is 6.61 Å². The Balaban J connectivity index is 1.56. The topological polar surface area (TPSA) is 18.5 Å². The van der Waals surface area contributed by atoms with Crippen LogP contribution in [0.25, 0.3) is 11.1 Å². The lowest BCUT2D eigenvalue weighted by molar-refractivity contribution is 0.0627. The van der Waals surface area contributed by atoms with Gasteiger partial charge in [0.15, 0.2) is 0 Å². The Labute approximate surface area is 223 Å². The highest BCUT2D eigenvalue weighted by Gasteiger charge is 2.07. The zero-order chi connectivity index (χ0) is 25.7. The molecule has 0 saturated carbocycles. The summed E-state index contributed by atoms with van der Waals surface area (Å²) in [5.74, 6) is 0.965. The molecule has 202 valence electrons. The fourth-order valence-electron chi connectivity index (χ4n) is 4.71. The lowest BCUT2D eigenvalue weighted by Crippen LogP contribution is -2.01. The van der Waals surface area contributed by atoms with E-state index in [-0.39, 0.29) is 6.10 Å². The van der Waals surface area contributed by atoms with Crippen LogP contribution in [0.15, 0.2) is 48.5 Å². The molecule has 0 heterocycles. The summed E-state index contributed by atoms with van der Waals surface area (Å²) in [4.78, 5) is 0. The molecule has 0 fully saturated rings. The standard InChI is InChI=1S/C34H54O2/c1-4-6-8-10-11-12-13-14-15-16-17-19-28-35-30(3)31-20-22-32(23-21-31)33-24-26-34(27-25-33)36-29-18-9-7-5-2/h20-27,30H,4-19,28-29H2,1-3H3. The largest absolute Gasteiger partial charge is 0.494 e. The van der Waals surface area contributed by atoms with Crippen LogP contribution in [0.1, 0.15) is 135 Å². The van der Waals surface area contributed by atoms with Crippen molar-refractivity contribution in [2.24, 2.45) is 0 Å². The van der Waals surface area contributed by atoms with Crippen molar-refractivity contribution in [1.29, 1.82) is 0 Å². The number of hydrogen-bond acceptors (Lipinski definition) is 2. The quantitative estimate of drug-likeness (QED) is 0.151. The first kappa shape index (κ1) is 30.4. The van der Waals surface area contributed by atoms with Crippen molar-refractivity contribution in [3.05, 3.63) is 54.1 Å². The molecule has 0 aromatic heterocycles. The molecule has 0 aliphatic rings.